The van der Waals surface area contributed by atoms with E-state index in [0.29, 0.717) is 0 Å². The molecule has 0 saturated heterocycles. The summed E-state index contributed by atoms with van der Waals surface area (Å²) >= 11 is 3.54. The maximum Gasteiger partial charge on any atom is 0.0645 e. The highest BCUT2D eigenvalue weighted by Crippen LogP contribution is 2.26. The number of benzene rings is 2. The van der Waals surface area contributed by atoms with E-state index in [1.165, 1.54) is 0 Å². The monoisotopic (exact) mass is 327 g/mol. The molecule has 2 N–H and O–H groups in total. The van der Waals surface area contributed by atoms with E-state index in [0.717, 1.165) is 21.3 Å². The standard InChI is InChI=1S/C16H14BrN3/c17-15-9-5-4-8-14(15)16(18)12-10-19-20(11-12)13-6-2-1-3-7-13/h1-11,16H,18H2. The van der Waals surface area contributed by atoms with Gasteiger partial charge in [0.05, 0.1) is 17.9 Å². The molecule has 0 spiro atoms. The summed E-state index contributed by atoms with van der Waals surface area (Å²) in [6.07, 6.45) is 3.79. The fourth-order valence-electron chi connectivity index (χ4n) is 2.13. The van der Waals surface area contributed by atoms with Crippen LogP contribution in [0.5, 0.6) is 0 Å². The molecule has 0 radical (unpaired) electrons. The van der Waals surface area contributed by atoms with Crippen LogP contribution in [0.15, 0.2) is 71.5 Å². The first-order valence-corrected chi connectivity index (χ1v) is 7.15. The molecular formula is C16H14BrN3. The van der Waals surface area contributed by atoms with E-state index in [1.54, 1.807) is 0 Å². The molecule has 100 valence electrons. The maximum atomic E-state index is 6.33. The van der Waals surface area contributed by atoms with Gasteiger partial charge in [-0.2, -0.15) is 5.10 Å². The van der Waals surface area contributed by atoms with Crippen molar-refractivity contribution in [2.75, 3.05) is 0 Å². The lowest BCUT2D eigenvalue weighted by molar-refractivity contribution is 0.858. The molecule has 1 unspecified atom stereocenters. The highest BCUT2D eigenvalue weighted by atomic mass is 79.9. The van der Waals surface area contributed by atoms with Gasteiger partial charge in [0.15, 0.2) is 0 Å². The molecule has 0 saturated carbocycles. The highest BCUT2D eigenvalue weighted by molar-refractivity contribution is 9.10. The van der Waals surface area contributed by atoms with Gasteiger partial charge in [-0.1, -0.05) is 52.3 Å². The van der Waals surface area contributed by atoms with Crippen molar-refractivity contribution in [3.8, 4) is 5.69 Å². The van der Waals surface area contributed by atoms with E-state index >= 15 is 0 Å². The molecule has 0 amide bonds. The lowest BCUT2D eigenvalue weighted by Gasteiger charge is -2.11. The van der Waals surface area contributed by atoms with Gasteiger partial charge in [0, 0.05) is 16.2 Å². The Balaban J connectivity index is 1.93. The number of aromatic nitrogens is 2. The Morgan fingerprint density at radius 1 is 1.00 bits per heavy atom. The summed E-state index contributed by atoms with van der Waals surface area (Å²) in [6, 6.07) is 17.8. The molecule has 2 aromatic carbocycles. The van der Waals surface area contributed by atoms with Crippen molar-refractivity contribution in [3.05, 3.63) is 82.6 Å². The van der Waals surface area contributed by atoms with Crippen LogP contribution in [-0.2, 0) is 0 Å². The van der Waals surface area contributed by atoms with Gasteiger partial charge in [-0.3, -0.25) is 0 Å². The molecule has 3 rings (SSSR count). The van der Waals surface area contributed by atoms with Gasteiger partial charge >= 0.3 is 0 Å². The van der Waals surface area contributed by atoms with E-state index < -0.39 is 0 Å². The van der Waals surface area contributed by atoms with Gasteiger partial charge in [-0.15, -0.1) is 0 Å². The zero-order chi connectivity index (χ0) is 13.9. The summed E-state index contributed by atoms with van der Waals surface area (Å²) in [7, 11) is 0. The van der Waals surface area contributed by atoms with Crippen molar-refractivity contribution >= 4 is 15.9 Å². The van der Waals surface area contributed by atoms with Crippen molar-refractivity contribution in [1.29, 1.82) is 0 Å². The van der Waals surface area contributed by atoms with Crippen molar-refractivity contribution in [2.24, 2.45) is 5.73 Å². The first kappa shape index (κ1) is 13.1. The van der Waals surface area contributed by atoms with E-state index in [9.17, 15) is 0 Å². The third-order valence-electron chi connectivity index (χ3n) is 3.22. The summed E-state index contributed by atoms with van der Waals surface area (Å²) in [5.74, 6) is 0. The smallest absolute Gasteiger partial charge is 0.0645 e. The average molecular weight is 328 g/mol. The Hall–Kier alpha value is -1.91. The molecule has 1 aromatic heterocycles. The van der Waals surface area contributed by atoms with Crippen LogP contribution in [0.1, 0.15) is 17.2 Å². The largest absolute Gasteiger partial charge is 0.320 e. The molecule has 0 fully saturated rings. The van der Waals surface area contributed by atoms with Crippen LogP contribution in [0, 0.1) is 0 Å². The number of halogens is 1. The highest BCUT2D eigenvalue weighted by Gasteiger charge is 2.14. The predicted octanol–water partition coefficient (Wildman–Crippen LogP) is 3.68. The molecule has 1 heterocycles. The number of nitrogens with two attached hydrogens (primary N) is 1. The second-order valence-electron chi connectivity index (χ2n) is 4.55. The molecule has 20 heavy (non-hydrogen) atoms. The van der Waals surface area contributed by atoms with Crippen LogP contribution in [0.2, 0.25) is 0 Å². The summed E-state index contributed by atoms with van der Waals surface area (Å²) in [6.45, 7) is 0. The Kier molecular flexibility index (Phi) is 3.67. The fraction of sp³-hybridized carbons (Fsp3) is 0.0625. The second kappa shape index (κ2) is 5.61. The minimum Gasteiger partial charge on any atom is -0.320 e. The van der Waals surface area contributed by atoms with Gasteiger partial charge in [-0.05, 0) is 23.8 Å². The van der Waals surface area contributed by atoms with Crippen molar-refractivity contribution < 1.29 is 0 Å². The second-order valence-corrected chi connectivity index (χ2v) is 5.41. The normalized spacial score (nSPS) is 12.3. The maximum absolute atomic E-state index is 6.33. The van der Waals surface area contributed by atoms with E-state index in [1.807, 2.05) is 71.7 Å². The van der Waals surface area contributed by atoms with Crippen LogP contribution in [-0.4, -0.2) is 9.78 Å². The summed E-state index contributed by atoms with van der Waals surface area (Å²) in [5, 5.41) is 4.38. The van der Waals surface area contributed by atoms with Gasteiger partial charge < -0.3 is 5.73 Å². The first-order chi connectivity index (χ1) is 9.75. The Labute approximate surface area is 126 Å². The van der Waals surface area contributed by atoms with Crippen LogP contribution < -0.4 is 5.73 Å². The Morgan fingerprint density at radius 2 is 1.70 bits per heavy atom. The molecule has 3 nitrogen and oxygen atoms in total. The van der Waals surface area contributed by atoms with E-state index in [4.69, 9.17) is 5.73 Å². The number of para-hydroxylation sites is 1. The van der Waals surface area contributed by atoms with Gasteiger partial charge in [0.1, 0.15) is 0 Å². The Bertz CT molecular complexity index is 707. The summed E-state index contributed by atoms with van der Waals surface area (Å²) in [4.78, 5) is 0. The van der Waals surface area contributed by atoms with Crippen molar-refractivity contribution in [3.63, 3.8) is 0 Å². The third-order valence-corrected chi connectivity index (χ3v) is 3.94. The topological polar surface area (TPSA) is 43.8 Å². The zero-order valence-corrected chi connectivity index (χ0v) is 12.4. The molecule has 1 atom stereocenters. The van der Waals surface area contributed by atoms with Crippen LogP contribution in [0.25, 0.3) is 5.69 Å². The average Bonchev–Trinajstić information content (AvgIpc) is 2.98. The van der Waals surface area contributed by atoms with Gasteiger partial charge in [0.25, 0.3) is 0 Å². The fourth-order valence-corrected chi connectivity index (χ4v) is 2.66. The molecule has 0 aliphatic heterocycles. The molecule has 0 aliphatic rings. The van der Waals surface area contributed by atoms with Gasteiger partial charge in [-0.25, -0.2) is 4.68 Å². The number of rotatable bonds is 3. The third kappa shape index (κ3) is 2.53. The van der Waals surface area contributed by atoms with Crippen molar-refractivity contribution in [2.45, 2.75) is 6.04 Å². The number of nitrogens with zero attached hydrogens (tertiary/aromatic N) is 2. The predicted molar refractivity (Wildman–Crippen MR) is 83.7 cm³/mol. The number of hydrogen-bond donors (Lipinski definition) is 1. The lowest BCUT2D eigenvalue weighted by atomic mass is 10.0. The summed E-state index contributed by atoms with van der Waals surface area (Å²) < 4.78 is 2.85. The molecule has 3 aromatic rings. The lowest BCUT2D eigenvalue weighted by Crippen LogP contribution is -2.11. The van der Waals surface area contributed by atoms with Crippen molar-refractivity contribution in [1.82, 2.24) is 9.78 Å². The zero-order valence-electron chi connectivity index (χ0n) is 10.8. The van der Waals surface area contributed by atoms with E-state index in [-0.39, 0.29) is 6.04 Å². The molecular weight excluding hydrogens is 314 g/mol. The quantitative estimate of drug-likeness (QED) is 0.797. The Morgan fingerprint density at radius 3 is 2.45 bits per heavy atom. The van der Waals surface area contributed by atoms with Crippen LogP contribution in [0.4, 0.5) is 0 Å². The summed E-state index contributed by atoms with van der Waals surface area (Å²) in [5.41, 5.74) is 9.39. The number of hydrogen-bond acceptors (Lipinski definition) is 2. The SMILES string of the molecule is NC(c1cnn(-c2ccccc2)c1)c1ccccc1Br. The van der Waals surface area contributed by atoms with E-state index in [2.05, 4.69) is 21.0 Å². The first-order valence-electron chi connectivity index (χ1n) is 6.36. The minimum absolute atomic E-state index is 0.192. The molecule has 4 heteroatoms. The minimum atomic E-state index is -0.192. The molecule has 0 aliphatic carbocycles. The van der Waals surface area contributed by atoms with Gasteiger partial charge in [0.2, 0.25) is 0 Å². The van der Waals surface area contributed by atoms with Crippen LogP contribution >= 0.6 is 15.9 Å². The van der Waals surface area contributed by atoms with Crippen LogP contribution in [0.3, 0.4) is 0 Å². The molecule has 0 bridgehead atoms.